The molecule has 0 spiro atoms. The average molecular weight is 323 g/mol. The Kier molecular flexibility index (Phi) is 6.25. The Labute approximate surface area is 136 Å². The van der Waals surface area contributed by atoms with Crippen molar-refractivity contribution in [3.05, 3.63) is 34.9 Å². The monoisotopic (exact) mass is 322 g/mol. The highest BCUT2D eigenvalue weighted by atomic mass is 35.5. The highest BCUT2D eigenvalue weighted by Gasteiger charge is 2.22. The van der Waals surface area contributed by atoms with Gasteiger partial charge in [-0.1, -0.05) is 31.4 Å². The van der Waals surface area contributed by atoms with E-state index in [1.54, 1.807) is 24.3 Å². The maximum atomic E-state index is 11.9. The Hall–Kier alpha value is -1.55. The summed E-state index contributed by atoms with van der Waals surface area (Å²) in [6.45, 7) is 2.53. The number of halogens is 1. The first-order valence-electron chi connectivity index (χ1n) is 7.89. The number of rotatable bonds is 5. The number of benzene rings is 1. The van der Waals surface area contributed by atoms with Crippen molar-refractivity contribution in [2.45, 2.75) is 45.1 Å². The zero-order chi connectivity index (χ0) is 15.9. The summed E-state index contributed by atoms with van der Waals surface area (Å²) in [6, 6.07) is 6.97. The molecule has 0 aliphatic heterocycles. The largest absolute Gasteiger partial charge is 0.353 e. The standard InChI is InChI=1S/C17H23ClN2O2/c1-12-4-2-3-5-15(12)20-16(21)10-11-19-17(22)13-6-8-14(18)9-7-13/h6-9,12,15H,2-5,10-11H2,1H3,(H,19,22)(H,20,21). The van der Waals surface area contributed by atoms with Crippen molar-refractivity contribution in [3.8, 4) is 0 Å². The Morgan fingerprint density at radius 3 is 2.55 bits per heavy atom. The van der Waals surface area contributed by atoms with Crippen molar-refractivity contribution in [2.24, 2.45) is 5.92 Å². The maximum Gasteiger partial charge on any atom is 0.251 e. The van der Waals surface area contributed by atoms with Crippen LogP contribution in [-0.2, 0) is 4.79 Å². The van der Waals surface area contributed by atoms with Crippen LogP contribution >= 0.6 is 11.6 Å². The molecule has 0 saturated heterocycles. The van der Waals surface area contributed by atoms with Crippen LogP contribution in [0.2, 0.25) is 5.02 Å². The minimum absolute atomic E-state index is 0.00940. The van der Waals surface area contributed by atoms with Gasteiger partial charge in [-0.05, 0) is 43.0 Å². The van der Waals surface area contributed by atoms with E-state index in [1.165, 1.54) is 19.3 Å². The molecule has 0 heterocycles. The molecule has 2 rings (SSSR count). The molecule has 22 heavy (non-hydrogen) atoms. The SMILES string of the molecule is CC1CCCCC1NC(=O)CCNC(=O)c1ccc(Cl)cc1. The van der Waals surface area contributed by atoms with E-state index in [4.69, 9.17) is 11.6 Å². The second-order valence-corrected chi connectivity index (χ2v) is 6.38. The summed E-state index contributed by atoms with van der Waals surface area (Å²) in [5.74, 6) is 0.368. The number of carbonyl (C=O) groups is 2. The molecule has 1 aromatic carbocycles. The first-order valence-corrected chi connectivity index (χ1v) is 8.27. The van der Waals surface area contributed by atoms with Gasteiger partial charge in [0, 0.05) is 29.6 Å². The summed E-state index contributed by atoms with van der Waals surface area (Å²) in [7, 11) is 0. The molecule has 1 saturated carbocycles. The summed E-state index contributed by atoms with van der Waals surface area (Å²) in [4.78, 5) is 23.8. The van der Waals surface area contributed by atoms with Gasteiger partial charge in [0.25, 0.3) is 5.91 Å². The van der Waals surface area contributed by atoms with E-state index in [0.29, 0.717) is 29.5 Å². The molecule has 0 radical (unpaired) electrons. The highest BCUT2D eigenvalue weighted by Crippen LogP contribution is 2.23. The van der Waals surface area contributed by atoms with Gasteiger partial charge in [-0.2, -0.15) is 0 Å². The molecule has 1 aliphatic carbocycles. The molecular weight excluding hydrogens is 300 g/mol. The van der Waals surface area contributed by atoms with Gasteiger partial charge in [-0.3, -0.25) is 9.59 Å². The third-order valence-electron chi connectivity index (χ3n) is 4.20. The van der Waals surface area contributed by atoms with E-state index in [1.807, 2.05) is 0 Å². The van der Waals surface area contributed by atoms with Crippen LogP contribution in [0.5, 0.6) is 0 Å². The first-order chi connectivity index (χ1) is 10.6. The summed E-state index contributed by atoms with van der Waals surface area (Å²) in [6.07, 6.45) is 4.98. The predicted octanol–water partition coefficient (Wildman–Crippen LogP) is 3.15. The van der Waals surface area contributed by atoms with E-state index in [-0.39, 0.29) is 17.9 Å². The van der Waals surface area contributed by atoms with Crippen LogP contribution in [0.25, 0.3) is 0 Å². The summed E-state index contributed by atoms with van der Waals surface area (Å²) < 4.78 is 0. The lowest BCUT2D eigenvalue weighted by Gasteiger charge is -2.29. The summed E-state index contributed by atoms with van der Waals surface area (Å²) >= 11 is 5.78. The fourth-order valence-corrected chi connectivity index (χ4v) is 2.93. The zero-order valence-electron chi connectivity index (χ0n) is 12.9. The van der Waals surface area contributed by atoms with E-state index in [9.17, 15) is 9.59 Å². The van der Waals surface area contributed by atoms with Crippen LogP contribution in [-0.4, -0.2) is 24.4 Å². The summed E-state index contributed by atoms with van der Waals surface area (Å²) in [5.41, 5.74) is 0.547. The van der Waals surface area contributed by atoms with Gasteiger partial charge in [0.1, 0.15) is 0 Å². The third kappa shape index (κ3) is 5.02. The second-order valence-electron chi connectivity index (χ2n) is 5.95. The molecule has 2 amide bonds. The van der Waals surface area contributed by atoms with Crippen LogP contribution in [0.1, 0.15) is 49.4 Å². The molecule has 2 N–H and O–H groups in total. The quantitative estimate of drug-likeness (QED) is 0.875. The van der Waals surface area contributed by atoms with Crippen molar-refractivity contribution in [1.29, 1.82) is 0 Å². The van der Waals surface area contributed by atoms with Gasteiger partial charge in [0.15, 0.2) is 0 Å². The fourth-order valence-electron chi connectivity index (χ4n) is 2.80. The van der Waals surface area contributed by atoms with Crippen LogP contribution in [0.4, 0.5) is 0 Å². The van der Waals surface area contributed by atoms with Crippen molar-refractivity contribution in [2.75, 3.05) is 6.54 Å². The van der Waals surface area contributed by atoms with Crippen LogP contribution < -0.4 is 10.6 Å². The lowest BCUT2D eigenvalue weighted by Crippen LogP contribution is -2.42. The van der Waals surface area contributed by atoms with Gasteiger partial charge < -0.3 is 10.6 Å². The zero-order valence-corrected chi connectivity index (χ0v) is 13.7. The van der Waals surface area contributed by atoms with Crippen LogP contribution in [0, 0.1) is 5.92 Å². The lowest BCUT2D eigenvalue weighted by molar-refractivity contribution is -0.122. The fraction of sp³-hybridized carbons (Fsp3) is 0.529. The molecule has 2 unspecified atom stereocenters. The first kappa shape index (κ1) is 16.8. The van der Waals surface area contributed by atoms with E-state index >= 15 is 0 Å². The second kappa shape index (κ2) is 8.18. The van der Waals surface area contributed by atoms with Crippen LogP contribution in [0.15, 0.2) is 24.3 Å². The Bertz CT molecular complexity index is 516. The summed E-state index contributed by atoms with van der Waals surface area (Å²) in [5, 5.41) is 6.43. The van der Waals surface area contributed by atoms with Crippen molar-refractivity contribution in [1.82, 2.24) is 10.6 Å². The van der Waals surface area contributed by atoms with Crippen LogP contribution in [0.3, 0.4) is 0 Å². The molecule has 1 aromatic rings. The molecule has 4 nitrogen and oxygen atoms in total. The van der Waals surface area contributed by atoms with E-state index in [0.717, 1.165) is 6.42 Å². The van der Waals surface area contributed by atoms with Gasteiger partial charge in [-0.25, -0.2) is 0 Å². The number of nitrogens with one attached hydrogen (secondary N) is 2. The molecule has 0 aromatic heterocycles. The van der Waals surface area contributed by atoms with Gasteiger partial charge >= 0.3 is 0 Å². The smallest absolute Gasteiger partial charge is 0.251 e. The molecule has 120 valence electrons. The maximum absolute atomic E-state index is 11.9. The van der Waals surface area contributed by atoms with Gasteiger partial charge in [-0.15, -0.1) is 0 Å². The molecule has 1 fully saturated rings. The topological polar surface area (TPSA) is 58.2 Å². The number of amides is 2. The molecule has 1 aliphatic rings. The van der Waals surface area contributed by atoms with Crippen molar-refractivity contribution >= 4 is 23.4 Å². The minimum atomic E-state index is -0.185. The minimum Gasteiger partial charge on any atom is -0.353 e. The molecular formula is C17H23ClN2O2. The van der Waals surface area contributed by atoms with Crippen molar-refractivity contribution < 1.29 is 9.59 Å². The van der Waals surface area contributed by atoms with Crippen molar-refractivity contribution in [3.63, 3.8) is 0 Å². The molecule has 5 heteroatoms. The lowest BCUT2D eigenvalue weighted by atomic mass is 9.86. The number of carbonyl (C=O) groups excluding carboxylic acids is 2. The molecule has 0 bridgehead atoms. The number of hydrogen-bond donors (Lipinski definition) is 2. The Morgan fingerprint density at radius 1 is 1.18 bits per heavy atom. The third-order valence-corrected chi connectivity index (χ3v) is 4.45. The molecule has 2 atom stereocenters. The highest BCUT2D eigenvalue weighted by molar-refractivity contribution is 6.30. The van der Waals surface area contributed by atoms with E-state index in [2.05, 4.69) is 17.6 Å². The normalized spacial score (nSPS) is 21.2. The van der Waals surface area contributed by atoms with E-state index < -0.39 is 0 Å². The predicted molar refractivity (Wildman–Crippen MR) is 88.0 cm³/mol. The van der Waals surface area contributed by atoms with Gasteiger partial charge in [0.05, 0.1) is 0 Å². The van der Waals surface area contributed by atoms with Gasteiger partial charge in [0.2, 0.25) is 5.91 Å². The average Bonchev–Trinajstić information content (AvgIpc) is 2.50. The Balaban J connectivity index is 1.70. The number of hydrogen-bond acceptors (Lipinski definition) is 2. The Morgan fingerprint density at radius 2 is 1.86 bits per heavy atom.